The summed E-state index contributed by atoms with van der Waals surface area (Å²) < 4.78 is 37.9. The van der Waals surface area contributed by atoms with Crippen molar-refractivity contribution in [1.29, 1.82) is 0 Å². The Morgan fingerprint density at radius 1 is 1.32 bits per heavy atom. The molecule has 0 aromatic carbocycles. The van der Waals surface area contributed by atoms with Crippen LogP contribution >= 0.6 is 36.4 Å². The van der Waals surface area contributed by atoms with E-state index in [1.54, 1.807) is 16.7 Å². The van der Waals surface area contributed by atoms with E-state index >= 15 is 0 Å². The zero-order valence-electron chi connectivity index (χ0n) is 13.4. The van der Waals surface area contributed by atoms with Crippen LogP contribution in [0.5, 0.6) is 0 Å². The maximum atomic E-state index is 12.6. The van der Waals surface area contributed by atoms with E-state index in [1.165, 1.54) is 0 Å². The number of piperazine rings is 1. The summed E-state index contributed by atoms with van der Waals surface area (Å²) in [5.41, 5.74) is 4.61. The Labute approximate surface area is 161 Å². The van der Waals surface area contributed by atoms with Gasteiger partial charge in [0, 0.05) is 44.8 Å². The van der Waals surface area contributed by atoms with Gasteiger partial charge in [-0.3, -0.25) is 4.79 Å². The van der Waals surface area contributed by atoms with Crippen LogP contribution in [0.15, 0.2) is 12.3 Å². The molecule has 1 aliphatic rings. The minimum Gasteiger partial charge on any atom is -0.352 e. The van der Waals surface area contributed by atoms with Crippen LogP contribution in [0.3, 0.4) is 0 Å². The number of hydrogen-bond acceptors (Lipinski definition) is 4. The summed E-state index contributed by atoms with van der Waals surface area (Å²) >= 11 is 5.94. The van der Waals surface area contributed by atoms with Crippen molar-refractivity contribution in [2.45, 2.75) is 13.1 Å². The molecule has 1 fully saturated rings. The zero-order valence-corrected chi connectivity index (χ0v) is 15.8. The van der Waals surface area contributed by atoms with Gasteiger partial charge in [-0.05, 0) is 6.07 Å². The molecule has 0 radical (unpaired) electrons. The Hall–Kier alpha value is -0.960. The predicted molar refractivity (Wildman–Crippen MR) is 95.8 cm³/mol. The lowest BCUT2D eigenvalue weighted by atomic mass is 10.1. The highest BCUT2D eigenvalue weighted by Gasteiger charge is 2.32. The fourth-order valence-corrected chi connectivity index (χ4v) is 2.66. The van der Waals surface area contributed by atoms with E-state index in [0.717, 1.165) is 12.3 Å². The Bertz CT molecular complexity index is 581. The average molecular weight is 424 g/mol. The maximum Gasteiger partial charge on any atom is 0.417 e. The third kappa shape index (κ3) is 5.77. The minimum absolute atomic E-state index is 0. The lowest BCUT2D eigenvalue weighted by Gasteiger charge is -2.36. The molecule has 1 aromatic rings. The molecule has 2 rings (SSSR count). The van der Waals surface area contributed by atoms with E-state index in [-0.39, 0.29) is 48.2 Å². The van der Waals surface area contributed by atoms with E-state index in [1.807, 2.05) is 0 Å². The second-order valence-electron chi connectivity index (χ2n) is 5.48. The highest BCUT2D eigenvalue weighted by Crippen LogP contribution is 2.33. The summed E-state index contributed by atoms with van der Waals surface area (Å²) in [7, 11) is 0. The Morgan fingerprint density at radius 2 is 1.88 bits per heavy atom. The van der Waals surface area contributed by atoms with Crippen molar-refractivity contribution in [3.8, 4) is 0 Å². The molecule has 25 heavy (non-hydrogen) atoms. The van der Waals surface area contributed by atoms with Gasteiger partial charge in [-0.2, -0.15) is 13.2 Å². The number of amides is 1. The quantitative estimate of drug-likeness (QED) is 0.812. The molecule has 1 amide bonds. The number of nitrogens with zero attached hydrogens (tertiary/aromatic N) is 3. The second kappa shape index (κ2) is 9.66. The summed E-state index contributed by atoms with van der Waals surface area (Å²) in [6.07, 6.45) is -3.70. The van der Waals surface area contributed by atoms with Gasteiger partial charge in [-0.15, -0.1) is 24.8 Å². The van der Waals surface area contributed by atoms with E-state index < -0.39 is 11.7 Å². The van der Waals surface area contributed by atoms with Gasteiger partial charge in [0.15, 0.2) is 0 Å². The molecule has 1 aromatic heterocycles. The molecule has 0 bridgehead atoms. The Morgan fingerprint density at radius 3 is 2.32 bits per heavy atom. The van der Waals surface area contributed by atoms with Crippen molar-refractivity contribution in [3.05, 3.63) is 22.8 Å². The molecule has 1 saturated heterocycles. The third-order valence-corrected chi connectivity index (χ3v) is 4.09. The first-order chi connectivity index (χ1) is 10.7. The maximum absolute atomic E-state index is 12.6. The summed E-state index contributed by atoms with van der Waals surface area (Å²) in [5.74, 6) is 0.0478. The molecule has 0 spiro atoms. The second-order valence-corrected chi connectivity index (χ2v) is 5.88. The van der Waals surface area contributed by atoms with Gasteiger partial charge in [-0.1, -0.05) is 18.5 Å². The summed E-state index contributed by atoms with van der Waals surface area (Å²) in [4.78, 5) is 19.4. The molecular weight excluding hydrogens is 404 g/mol. The zero-order chi connectivity index (χ0) is 17.2. The molecule has 144 valence electrons. The SMILES string of the molecule is CC(CN)C(=O)N1CCN(c2ncc(C(F)(F)F)cc2Cl)CC1.Cl.Cl. The van der Waals surface area contributed by atoms with Crippen molar-refractivity contribution in [3.63, 3.8) is 0 Å². The van der Waals surface area contributed by atoms with Crippen molar-refractivity contribution in [2.24, 2.45) is 11.7 Å². The third-order valence-electron chi connectivity index (χ3n) is 3.82. The normalized spacial score (nSPS) is 15.9. The van der Waals surface area contributed by atoms with Crippen molar-refractivity contribution in [2.75, 3.05) is 37.6 Å². The van der Waals surface area contributed by atoms with Crippen LogP contribution in [0.1, 0.15) is 12.5 Å². The topological polar surface area (TPSA) is 62.5 Å². The molecule has 5 nitrogen and oxygen atoms in total. The van der Waals surface area contributed by atoms with Crippen LogP contribution in [0.2, 0.25) is 5.02 Å². The Kier molecular flexibility index (Phi) is 9.29. The molecular formula is C14H20Cl3F3N4O. The van der Waals surface area contributed by atoms with Crippen LogP contribution in [0.25, 0.3) is 0 Å². The van der Waals surface area contributed by atoms with Crippen LogP contribution in [0, 0.1) is 5.92 Å². The number of halogens is 6. The van der Waals surface area contributed by atoms with Crippen LogP contribution < -0.4 is 10.6 Å². The monoisotopic (exact) mass is 422 g/mol. The van der Waals surface area contributed by atoms with E-state index in [0.29, 0.717) is 32.0 Å². The van der Waals surface area contributed by atoms with Gasteiger partial charge in [0.1, 0.15) is 5.82 Å². The van der Waals surface area contributed by atoms with E-state index in [9.17, 15) is 18.0 Å². The lowest BCUT2D eigenvalue weighted by molar-refractivity contribution is -0.138. The van der Waals surface area contributed by atoms with Crippen LogP contribution in [-0.4, -0.2) is 48.5 Å². The molecule has 1 aliphatic heterocycles. The van der Waals surface area contributed by atoms with Gasteiger partial charge < -0.3 is 15.5 Å². The minimum atomic E-state index is -4.47. The summed E-state index contributed by atoms with van der Waals surface area (Å²) in [5, 5.41) is -0.0464. The number of hydrogen-bond donors (Lipinski definition) is 1. The van der Waals surface area contributed by atoms with E-state index in [2.05, 4.69) is 4.98 Å². The largest absolute Gasteiger partial charge is 0.417 e. The van der Waals surface area contributed by atoms with Gasteiger partial charge in [-0.25, -0.2) is 4.98 Å². The first-order valence-electron chi connectivity index (χ1n) is 7.20. The molecule has 1 atom stereocenters. The molecule has 2 N–H and O–H groups in total. The van der Waals surface area contributed by atoms with Crippen LogP contribution in [0.4, 0.5) is 19.0 Å². The van der Waals surface area contributed by atoms with Crippen molar-refractivity contribution < 1.29 is 18.0 Å². The van der Waals surface area contributed by atoms with Crippen molar-refractivity contribution in [1.82, 2.24) is 9.88 Å². The molecule has 11 heteroatoms. The predicted octanol–water partition coefficient (Wildman–Crippen LogP) is 2.84. The molecule has 1 unspecified atom stereocenters. The Balaban J connectivity index is 0.00000288. The smallest absolute Gasteiger partial charge is 0.352 e. The number of nitrogens with two attached hydrogens (primary N) is 1. The number of aromatic nitrogens is 1. The number of carbonyl (C=O) groups is 1. The standard InChI is InChI=1S/C14H18ClF3N4O.2ClH/c1-9(7-19)13(23)22-4-2-21(3-5-22)12-11(15)6-10(8-20-12)14(16,17)18;;/h6,8-9H,2-5,7,19H2,1H3;2*1H. The summed E-state index contributed by atoms with van der Waals surface area (Å²) in [6, 6.07) is 0.873. The summed E-state index contributed by atoms with van der Waals surface area (Å²) in [6.45, 7) is 3.89. The highest BCUT2D eigenvalue weighted by molar-refractivity contribution is 6.33. The molecule has 0 aliphatic carbocycles. The lowest BCUT2D eigenvalue weighted by Crippen LogP contribution is -2.51. The number of anilines is 1. The van der Waals surface area contributed by atoms with Crippen molar-refractivity contribution >= 4 is 48.1 Å². The van der Waals surface area contributed by atoms with Gasteiger partial charge >= 0.3 is 6.18 Å². The molecule has 2 heterocycles. The van der Waals surface area contributed by atoms with E-state index in [4.69, 9.17) is 17.3 Å². The van der Waals surface area contributed by atoms with Gasteiger partial charge in [0.05, 0.1) is 10.6 Å². The van der Waals surface area contributed by atoms with Gasteiger partial charge in [0.25, 0.3) is 0 Å². The molecule has 0 saturated carbocycles. The number of rotatable bonds is 3. The fraction of sp³-hybridized carbons (Fsp3) is 0.571. The first kappa shape index (κ1) is 24.0. The average Bonchev–Trinajstić information content (AvgIpc) is 2.52. The fourth-order valence-electron chi connectivity index (χ4n) is 2.37. The highest BCUT2D eigenvalue weighted by atomic mass is 35.5. The van der Waals surface area contributed by atoms with Gasteiger partial charge in [0.2, 0.25) is 5.91 Å². The first-order valence-corrected chi connectivity index (χ1v) is 7.58. The number of pyridine rings is 1. The van der Waals surface area contributed by atoms with Crippen LogP contribution in [-0.2, 0) is 11.0 Å². The number of carbonyl (C=O) groups excluding carboxylic acids is 1. The number of alkyl halides is 3.